The summed E-state index contributed by atoms with van der Waals surface area (Å²) < 4.78 is 66.3. The summed E-state index contributed by atoms with van der Waals surface area (Å²) in [5, 5.41) is 0. The van der Waals surface area contributed by atoms with E-state index in [1.165, 1.54) is 19.2 Å². The molecule has 0 saturated carbocycles. The van der Waals surface area contributed by atoms with Crippen LogP contribution in [0, 0.1) is 0 Å². The molecule has 216 valence electrons. The summed E-state index contributed by atoms with van der Waals surface area (Å²) in [6.07, 6.45) is -8.44. The molecular weight excluding hydrogens is 545 g/mol. The quantitative estimate of drug-likeness (QED) is 0.122. The highest BCUT2D eigenvalue weighted by Crippen LogP contribution is 2.42. The van der Waals surface area contributed by atoms with Crippen molar-refractivity contribution < 1.29 is 36.9 Å². The molecule has 42 heavy (non-hydrogen) atoms. The maximum Gasteiger partial charge on any atom is 0.416 e. The third-order valence-electron chi connectivity index (χ3n) is 7.04. The van der Waals surface area contributed by atoms with Crippen molar-refractivity contribution in [3.8, 4) is 0 Å². The van der Waals surface area contributed by atoms with Crippen molar-refractivity contribution in [3.63, 3.8) is 0 Å². The first-order valence-corrected chi connectivity index (χ1v) is 13.4. The maximum absolute atomic E-state index is 14.4. The van der Waals surface area contributed by atoms with Crippen LogP contribution in [0.25, 0.3) is 0 Å². The minimum atomic E-state index is -4.82. The van der Waals surface area contributed by atoms with E-state index in [2.05, 4.69) is 0 Å². The summed E-state index contributed by atoms with van der Waals surface area (Å²) in [6.45, 7) is -0.266. The van der Waals surface area contributed by atoms with Crippen LogP contribution in [0.5, 0.6) is 0 Å². The first kappa shape index (κ1) is 29.3. The van der Waals surface area contributed by atoms with Crippen LogP contribution in [0.15, 0.2) is 133 Å². The molecule has 0 aromatic heterocycles. The number of rotatable bonds is 9. The molecule has 1 aliphatic heterocycles. The van der Waals surface area contributed by atoms with E-state index in [-0.39, 0.29) is 12.2 Å². The number of hydrogen-bond acceptors (Lipinski definition) is 5. The van der Waals surface area contributed by atoms with Gasteiger partial charge in [0.05, 0.1) is 17.7 Å². The van der Waals surface area contributed by atoms with Crippen LogP contribution < -0.4 is 0 Å². The number of esters is 1. The van der Waals surface area contributed by atoms with E-state index < -0.39 is 41.8 Å². The van der Waals surface area contributed by atoms with Crippen LogP contribution >= 0.6 is 0 Å². The molecule has 1 aliphatic rings. The van der Waals surface area contributed by atoms with Crippen LogP contribution in [0.1, 0.15) is 27.0 Å². The van der Waals surface area contributed by atoms with Gasteiger partial charge in [-0.25, -0.2) is 4.79 Å². The fourth-order valence-electron chi connectivity index (χ4n) is 5.10. The van der Waals surface area contributed by atoms with Crippen molar-refractivity contribution in [2.45, 2.75) is 30.3 Å². The zero-order valence-electron chi connectivity index (χ0n) is 22.7. The second-order valence-electron chi connectivity index (χ2n) is 9.68. The summed E-state index contributed by atoms with van der Waals surface area (Å²) in [5.74, 6) is -0.924. The van der Waals surface area contributed by atoms with Gasteiger partial charge in [0.15, 0.2) is 12.4 Å². The van der Waals surface area contributed by atoms with Gasteiger partial charge in [-0.1, -0.05) is 109 Å². The van der Waals surface area contributed by atoms with Gasteiger partial charge in [-0.2, -0.15) is 13.2 Å². The number of carbonyl (C=O) groups is 1. The molecule has 0 N–H and O–H groups in total. The van der Waals surface area contributed by atoms with Crippen molar-refractivity contribution >= 4 is 5.97 Å². The van der Waals surface area contributed by atoms with E-state index in [4.69, 9.17) is 18.9 Å². The number of carbonyl (C=O) groups excluding carboxylic acids is 1. The molecular formula is C34H29F3O5. The van der Waals surface area contributed by atoms with Crippen molar-refractivity contribution in [1.82, 2.24) is 0 Å². The Hall–Kier alpha value is -4.24. The summed E-state index contributed by atoms with van der Waals surface area (Å²) in [5.41, 5.74) is 0.225. The largest absolute Gasteiger partial charge is 0.448 e. The second-order valence-corrected chi connectivity index (χ2v) is 9.68. The van der Waals surface area contributed by atoms with Gasteiger partial charge in [0.25, 0.3) is 0 Å². The molecule has 4 aromatic rings. The zero-order chi connectivity index (χ0) is 29.6. The Morgan fingerprint density at radius 3 is 1.62 bits per heavy atom. The Morgan fingerprint density at radius 2 is 1.19 bits per heavy atom. The molecule has 0 aliphatic carbocycles. The monoisotopic (exact) mass is 574 g/mol. The van der Waals surface area contributed by atoms with Crippen LogP contribution in [0.3, 0.4) is 0 Å². The highest BCUT2D eigenvalue weighted by Gasteiger charge is 2.49. The Bertz CT molecular complexity index is 1380. The Kier molecular flexibility index (Phi) is 8.87. The topological polar surface area (TPSA) is 54.0 Å². The molecule has 0 unspecified atom stereocenters. The number of ether oxygens (including phenoxy) is 4. The van der Waals surface area contributed by atoms with E-state index in [1.54, 1.807) is 18.2 Å². The molecule has 0 bridgehead atoms. The Balaban J connectivity index is 1.52. The molecule has 0 saturated heterocycles. The van der Waals surface area contributed by atoms with Crippen LogP contribution in [-0.2, 0) is 24.5 Å². The van der Waals surface area contributed by atoms with Crippen LogP contribution in [0.2, 0.25) is 0 Å². The SMILES string of the molecule is CO[C@H]1O[C@H](COC(c2ccccc2)(c2ccccc2)c2ccccc2)C=C(C(F)(F)F)[C@H]1OC(=O)c1ccccc1. The summed E-state index contributed by atoms with van der Waals surface area (Å²) in [4.78, 5) is 12.7. The lowest BCUT2D eigenvalue weighted by atomic mass is 9.80. The Morgan fingerprint density at radius 1 is 0.738 bits per heavy atom. The molecule has 0 fully saturated rings. The van der Waals surface area contributed by atoms with Crippen LogP contribution in [0.4, 0.5) is 13.2 Å². The average molecular weight is 575 g/mol. The van der Waals surface area contributed by atoms with E-state index in [0.717, 1.165) is 22.8 Å². The molecule has 4 aromatic carbocycles. The normalized spacial score (nSPS) is 19.1. The smallest absolute Gasteiger partial charge is 0.416 e. The first-order chi connectivity index (χ1) is 20.3. The maximum atomic E-state index is 14.4. The molecule has 0 amide bonds. The average Bonchev–Trinajstić information content (AvgIpc) is 3.03. The molecule has 3 atom stereocenters. The number of hydrogen-bond donors (Lipinski definition) is 0. The number of alkyl halides is 3. The highest BCUT2D eigenvalue weighted by molar-refractivity contribution is 5.89. The van der Waals surface area contributed by atoms with Gasteiger partial charge in [-0.05, 0) is 34.9 Å². The van der Waals surface area contributed by atoms with Gasteiger partial charge < -0.3 is 18.9 Å². The summed E-state index contributed by atoms with van der Waals surface area (Å²) in [7, 11) is 1.20. The predicted molar refractivity (Wildman–Crippen MR) is 151 cm³/mol. The first-order valence-electron chi connectivity index (χ1n) is 13.4. The number of methoxy groups -OCH3 is 1. The zero-order valence-corrected chi connectivity index (χ0v) is 22.7. The lowest BCUT2D eigenvalue weighted by molar-refractivity contribution is -0.223. The summed E-state index contributed by atoms with van der Waals surface area (Å²) >= 11 is 0. The van der Waals surface area contributed by atoms with Gasteiger partial charge >= 0.3 is 12.1 Å². The molecule has 0 spiro atoms. The van der Waals surface area contributed by atoms with Crippen molar-refractivity contribution in [2.24, 2.45) is 0 Å². The van der Waals surface area contributed by atoms with E-state index in [0.29, 0.717) is 0 Å². The second kappa shape index (κ2) is 12.7. The predicted octanol–water partition coefficient (Wildman–Crippen LogP) is 7.08. The van der Waals surface area contributed by atoms with Gasteiger partial charge in [-0.3, -0.25) is 0 Å². The lowest BCUT2D eigenvalue weighted by Gasteiger charge is -2.39. The van der Waals surface area contributed by atoms with Gasteiger partial charge in [-0.15, -0.1) is 0 Å². The lowest BCUT2D eigenvalue weighted by Crippen LogP contribution is -2.48. The van der Waals surface area contributed by atoms with Gasteiger partial charge in [0, 0.05) is 7.11 Å². The van der Waals surface area contributed by atoms with E-state index in [9.17, 15) is 18.0 Å². The third kappa shape index (κ3) is 6.16. The van der Waals surface area contributed by atoms with Gasteiger partial charge in [0.2, 0.25) is 0 Å². The van der Waals surface area contributed by atoms with Crippen molar-refractivity contribution in [1.29, 1.82) is 0 Å². The minimum absolute atomic E-state index is 0.109. The van der Waals surface area contributed by atoms with E-state index >= 15 is 0 Å². The van der Waals surface area contributed by atoms with Gasteiger partial charge in [0.1, 0.15) is 11.7 Å². The minimum Gasteiger partial charge on any atom is -0.448 e. The van der Waals surface area contributed by atoms with Crippen molar-refractivity contribution in [2.75, 3.05) is 13.7 Å². The molecule has 1 heterocycles. The number of halogens is 3. The van der Waals surface area contributed by atoms with Crippen LogP contribution in [-0.4, -0.2) is 44.4 Å². The highest BCUT2D eigenvalue weighted by atomic mass is 19.4. The molecule has 5 nitrogen and oxygen atoms in total. The number of benzene rings is 4. The summed E-state index contributed by atoms with van der Waals surface area (Å²) in [6, 6.07) is 36.2. The molecule has 5 rings (SSSR count). The van der Waals surface area contributed by atoms with Crippen molar-refractivity contribution in [3.05, 3.63) is 155 Å². The Labute approximate surface area is 242 Å². The standard InChI is InChI=1S/C34H29F3O5/c1-39-32-30(42-31(38)24-14-6-2-7-15-24)29(34(35,36)37)22-28(41-32)23-40-33(25-16-8-3-9-17-25,26-18-10-4-11-19-26)27-20-12-5-13-21-27/h2-22,28,30,32H,23H2,1H3/t28-,30+,32-/m0/s1. The van der Waals surface area contributed by atoms with E-state index in [1.807, 2.05) is 91.0 Å². The molecule has 0 radical (unpaired) electrons. The fourth-order valence-corrected chi connectivity index (χ4v) is 5.10. The molecule has 8 heteroatoms. The third-order valence-corrected chi connectivity index (χ3v) is 7.04. The fraction of sp³-hybridized carbons (Fsp3) is 0.206.